The minimum Gasteiger partial charge on any atom is -0.462 e. The first-order valence-corrected chi connectivity index (χ1v) is 7.53. The summed E-state index contributed by atoms with van der Waals surface area (Å²) >= 11 is 0. The van der Waals surface area contributed by atoms with Gasteiger partial charge in [-0.3, -0.25) is 0 Å². The molecule has 0 spiro atoms. The van der Waals surface area contributed by atoms with Gasteiger partial charge in [-0.2, -0.15) is 0 Å². The molecule has 1 aromatic heterocycles. The van der Waals surface area contributed by atoms with Crippen LogP contribution in [-0.2, 0) is 13.2 Å². The van der Waals surface area contributed by atoms with Crippen LogP contribution in [0.3, 0.4) is 0 Å². The monoisotopic (exact) mass is 265 g/mol. The normalized spacial score (nSPS) is 18.3. The predicted molar refractivity (Wildman–Crippen MR) is 76.7 cm³/mol. The highest BCUT2D eigenvalue weighted by atomic mass is 16.4. The van der Waals surface area contributed by atoms with E-state index in [9.17, 15) is 0 Å². The number of aliphatic hydroxyl groups is 1. The Labute approximate surface area is 116 Å². The minimum absolute atomic E-state index is 0.0166. The molecule has 2 N–H and O–H groups in total. The number of hydrogen-bond donors (Lipinski definition) is 2. The van der Waals surface area contributed by atoms with Crippen molar-refractivity contribution in [3.8, 4) is 0 Å². The molecule has 3 nitrogen and oxygen atoms in total. The van der Waals surface area contributed by atoms with Gasteiger partial charge in [0.25, 0.3) is 0 Å². The number of rotatable bonds is 7. The highest BCUT2D eigenvalue weighted by Gasteiger charge is 2.33. The Morgan fingerprint density at radius 2 is 1.95 bits per heavy atom. The number of nitrogens with one attached hydrogen (secondary N) is 1. The lowest BCUT2D eigenvalue weighted by molar-refractivity contribution is 0.218. The molecule has 0 radical (unpaired) electrons. The maximum absolute atomic E-state index is 8.97. The third-order valence-electron chi connectivity index (χ3n) is 4.18. The average molecular weight is 265 g/mol. The van der Waals surface area contributed by atoms with Gasteiger partial charge in [-0.05, 0) is 42.7 Å². The molecule has 0 saturated heterocycles. The fourth-order valence-electron chi connectivity index (χ4n) is 3.50. The Kier molecular flexibility index (Phi) is 5.06. The van der Waals surface area contributed by atoms with E-state index in [-0.39, 0.29) is 6.61 Å². The molecule has 1 aromatic rings. The van der Waals surface area contributed by atoms with Crippen molar-refractivity contribution in [1.82, 2.24) is 5.32 Å². The molecule has 1 aliphatic carbocycles. The highest BCUT2D eigenvalue weighted by Crippen LogP contribution is 2.42. The standard InChI is InChI=1S/C16H27NO2/c1-13(2)9-16(7-3-4-8-16)12-17-10-14-5-6-15(11-18)19-14/h5-6,13,17-18H,3-4,7-12H2,1-2H3. The van der Waals surface area contributed by atoms with E-state index in [1.165, 1.54) is 32.1 Å². The van der Waals surface area contributed by atoms with Crippen molar-refractivity contribution < 1.29 is 9.52 Å². The summed E-state index contributed by atoms with van der Waals surface area (Å²) in [6.07, 6.45) is 6.80. The Morgan fingerprint density at radius 3 is 2.53 bits per heavy atom. The van der Waals surface area contributed by atoms with Gasteiger partial charge >= 0.3 is 0 Å². The molecule has 1 saturated carbocycles. The van der Waals surface area contributed by atoms with E-state index in [0.717, 1.165) is 24.8 Å². The van der Waals surface area contributed by atoms with Crippen molar-refractivity contribution >= 4 is 0 Å². The first-order chi connectivity index (χ1) is 9.13. The Bertz CT molecular complexity index is 378. The van der Waals surface area contributed by atoms with Gasteiger partial charge in [-0.1, -0.05) is 26.7 Å². The summed E-state index contributed by atoms with van der Waals surface area (Å²) in [7, 11) is 0. The van der Waals surface area contributed by atoms with Crippen molar-refractivity contribution in [2.45, 2.75) is 59.1 Å². The molecule has 108 valence electrons. The minimum atomic E-state index is -0.0166. The topological polar surface area (TPSA) is 45.4 Å². The van der Waals surface area contributed by atoms with E-state index in [4.69, 9.17) is 9.52 Å². The summed E-state index contributed by atoms with van der Waals surface area (Å²) < 4.78 is 5.50. The van der Waals surface area contributed by atoms with Crippen LogP contribution in [0, 0.1) is 11.3 Å². The molecule has 0 aromatic carbocycles. The van der Waals surface area contributed by atoms with Crippen molar-refractivity contribution in [1.29, 1.82) is 0 Å². The van der Waals surface area contributed by atoms with Crippen LogP contribution in [0.25, 0.3) is 0 Å². The summed E-state index contributed by atoms with van der Waals surface area (Å²) in [6, 6.07) is 3.79. The molecule has 1 heterocycles. The maximum Gasteiger partial charge on any atom is 0.129 e. The Hall–Kier alpha value is -0.800. The summed E-state index contributed by atoms with van der Waals surface area (Å²) in [4.78, 5) is 0. The van der Waals surface area contributed by atoms with Crippen LogP contribution in [0.15, 0.2) is 16.5 Å². The molecule has 2 rings (SSSR count). The SMILES string of the molecule is CC(C)CC1(CNCc2ccc(CO)o2)CCCC1. The Balaban J connectivity index is 1.82. The second-order valence-corrected chi connectivity index (χ2v) is 6.43. The maximum atomic E-state index is 8.97. The van der Waals surface area contributed by atoms with Crippen LogP contribution in [0.1, 0.15) is 57.5 Å². The van der Waals surface area contributed by atoms with Crippen molar-refractivity contribution in [2.75, 3.05) is 6.54 Å². The molecule has 19 heavy (non-hydrogen) atoms. The number of hydrogen-bond acceptors (Lipinski definition) is 3. The first-order valence-electron chi connectivity index (χ1n) is 7.53. The molecule has 0 amide bonds. The van der Waals surface area contributed by atoms with E-state index in [1.54, 1.807) is 0 Å². The lowest BCUT2D eigenvalue weighted by Gasteiger charge is -2.31. The van der Waals surface area contributed by atoms with Gasteiger partial charge in [0.15, 0.2) is 0 Å². The zero-order valence-corrected chi connectivity index (χ0v) is 12.2. The highest BCUT2D eigenvalue weighted by molar-refractivity contribution is 5.06. The second kappa shape index (κ2) is 6.58. The van der Waals surface area contributed by atoms with E-state index >= 15 is 0 Å². The summed E-state index contributed by atoms with van der Waals surface area (Å²) in [5, 5.41) is 12.5. The molecule has 3 heteroatoms. The molecule has 1 fully saturated rings. The van der Waals surface area contributed by atoms with Gasteiger partial charge in [0.05, 0.1) is 6.54 Å². The van der Waals surface area contributed by atoms with Gasteiger partial charge in [-0.25, -0.2) is 0 Å². The third-order valence-corrected chi connectivity index (χ3v) is 4.18. The van der Waals surface area contributed by atoms with E-state index in [0.29, 0.717) is 11.2 Å². The lowest BCUT2D eigenvalue weighted by Crippen LogP contribution is -2.33. The zero-order valence-electron chi connectivity index (χ0n) is 12.2. The van der Waals surface area contributed by atoms with E-state index < -0.39 is 0 Å². The van der Waals surface area contributed by atoms with Crippen LogP contribution in [0.5, 0.6) is 0 Å². The van der Waals surface area contributed by atoms with Crippen LogP contribution in [-0.4, -0.2) is 11.7 Å². The van der Waals surface area contributed by atoms with Crippen LogP contribution < -0.4 is 5.32 Å². The summed E-state index contributed by atoms with van der Waals surface area (Å²) in [6.45, 7) is 6.47. The molecule has 1 aliphatic rings. The van der Waals surface area contributed by atoms with Crippen molar-refractivity contribution in [2.24, 2.45) is 11.3 Å². The van der Waals surface area contributed by atoms with Crippen LogP contribution in [0.2, 0.25) is 0 Å². The first kappa shape index (κ1) is 14.6. The van der Waals surface area contributed by atoms with Gasteiger partial charge in [-0.15, -0.1) is 0 Å². The lowest BCUT2D eigenvalue weighted by atomic mass is 9.78. The molecule has 0 aliphatic heterocycles. The molecule has 0 atom stereocenters. The van der Waals surface area contributed by atoms with Gasteiger partial charge in [0.2, 0.25) is 0 Å². The smallest absolute Gasteiger partial charge is 0.129 e. The summed E-state index contributed by atoms with van der Waals surface area (Å²) in [5.74, 6) is 2.33. The molecule has 0 bridgehead atoms. The zero-order chi connectivity index (χ0) is 13.7. The Morgan fingerprint density at radius 1 is 1.26 bits per heavy atom. The fraction of sp³-hybridized carbons (Fsp3) is 0.750. The van der Waals surface area contributed by atoms with E-state index in [2.05, 4.69) is 19.2 Å². The quantitative estimate of drug-likeness (QED) is 0.793. The van der Waals surface area contributed by atoms with Gasteiger partial charge < -0.3 is 14.8 Å². The van der Waals surface area contributed by atoms with Crippen LogP contribution >= 0.6 is 0 Å². The molecular formula is C16H27NO2. The van der Waals surface area contributed by atoms with Crippen molar-refractivity contribution in [3.05, 3.63) is 23.7 Å². The van der Waals surface area contributed by atoms with Crippen molar-refractivity contribution in [3.63, 3.8) is 0 Å². The van der Waals surface area contributed by atoms with E-state index in [1.807, 2.05) is 12.1 Å². The molecular weight excluding hydrogens is 238 g/mol. The van der Waals surface area contributed by atoms with Gasteiger partial charge in [0, 0.05) is 6.54 Å². The fourth-order valence-corrected chi connectivity index (χ4v) is 3.50. The number of furan rings is 1. The summed E-state index contributed by atoms with van der Waals surface area (Å²) in [5.41, 5.74) is 0.501. The second-order valence-electron chi connectivity index (χ2n) is 6.43. The predicted octanol–water partition coefficient (Wildman–Crippen LogP) is 3.47. The third kappa shape index (κ3) is 4.08. The average Bonchev–Trinajstić information content (AvgIpc) is 2.98. The largest absolute Gasteiger partial charge is 0.462 e. The van der Waals surface area contributed by atoms with Gasteiger partial charge in [0.1, 0.15) is 18.1 Å². The van der Waals surface area contributed by atoms with Crippen LogP contribution in [0.4, 0.5) is 0 Å². The molecule has 0 unspecified atom stereocenters. The number of aliphatic hydroxyl groups excluding tert-OH is 1.